The Bertz CT molecular complexity index is 948. The molecule has 0 aromatic heterocycles. The van der Waals surface area contributed by atoms with E-state index < -0.39 is 0 Å². The number of carbonyl (C=O) groups excluding carboxylic acids is 2. The lowest BCUT2D eigenvalue weighted by Crippen LogP contribution is -2.50. The molecule has 0 aliphatic carbocycles. The second-order valence-electron chi connectivity index (χ2n) is 9.25. The first-order valence-electron chi connectivity index (χ1n) is 12.6. The number of para-hydroxylation sites is 1. The van der Waals surface area contributed by atoms with Crippen molar-refractivity contribution in [2.75, 3.05) is 67.9 Å². The number of piperidine rings is 1. The van der Waals surface area contributed by atoms with E-state index in [-0.39, 0.29) is 11.8 Å². The molecule has 182 valence electrons. The summed E-state index contributed by atoms with van der Waals surface area (Å²) in [6.07, 6.45) is 4.71. The fraction of sp³-hybridized carbons (Fsp3) is 0.481. The fourth-order valence-electron chi connectivity index (χ4n) is 4.76. The lowest BCUT2D eigenvalue weighted by molar-refractivity contribution is -0.120. The second kappa shape index (κ2) is 12.0. The lowest BCUT2D eigenvalue weighted by Gasteiger charge is -2.33. The minimum atomic E-state index is 0.00749. The van der Waals surface area contributed by atoms with Crippen LogP contribution in [0.4, 0.5) is 17.1 Å². The van der Waals surface area contributed by atoms with Crippen LogP contribution < -0.4 is 15.5 Å². The zero-order chi connectivity index (χ0) is 23.8. The molecule has 0 spiro atoms. The summed E-state index contributed by atoms with van der Waals surface area (Å²) in [5.74, 6) is 0.0215. The average Bonchev–Trinajstić information content (AvgIpc) is 2.86. The average molecular weight is 464 g/mol. The number of hydrogen-bond donors (Lipinski definition) is 2. The van der Waals surface area contributed by atoms with Gasteiger partial charge in [-0.25, -0.2) is 0 Å². The third-order valence-corrected chi connectivity index (χ3v) is 6.74. The van der Waals surface area contributed by atoms with Gasteiger partial charge < -0.3 is 15.5 Å². The van der Waals surface area contributed by atoms with Crippen LogP contribution in [-0.2, 0) is 16.0 Å². The Morgan fingerprint density at radius 3 is 1.94 bits per heavy atom. The minimum absolute atomic E-state index is 0.00749. The molecule has 0 saturated carbocycles. The Hall–Kier alpha value is -2.90. The van der Waals surface area contributed by atoms with Gasteiger partial charge in [-0.3, -0.25) is 19.4 Å². The van der Waals surface area contributed by atoms with E-state index in [1.54, 1.807) is 0 Å². The van der Waals surface area contributed by atoms with Crippen molar-refractivity contribution in [2.45, 2.75) is 32.6 Å². The minimum Gasteiger partial charge on any atom is -0.372 e. The molecule has 2 saturated heterocycles. The van der Waals surface area contributed by atoms with Gasteiger partial charge in [-0.15, -0.1) is 0 Å². The van der Waals surface area contributed by atoms with Crippen molar-refractivity contribution in [3.63, 3.8) is 0 Å². The normalized spacial score (nSPS) is 17.4. The Labute approximate surface area is 203 Å². The van der Waals surface area contributed by atoms with Gasteiger partial charge in [-0.1, -0.05) is 25.1 Å². The summed E-state index contributed by atoms with van der Waals surface area (Å²) in [5.41, 5.74) is 4.12. The van der Waals surface area contributed by atoms with Crippen molar-refractivity contribution < 1.29 is 9.59 Å². The number of piperazine rings is 1. The van der Waals surface area contributed by atoms with Crippen LogP contribution >= 0.6 is 0 Å². The molecule has 34 heavy (non-hydrogen) atoms. The topological polar surface area (TPSA) is 67.9 Å². The number of rotatable bonds is 8. The van der Waals surface area contributed by atoms with Crippen LogP contribution in [0.1, 0.15) is 31.7 Å². The maximum atomic E-state index is 12.5. The maximum absolute atomic E-state index is 12.5. The predicted molar refractivity (Wildman–Crippen MR) is 138 cm³/mol. The Morgan fingerprint density at radius 1 is 0.735 bits per heavy atom. The SMILES string of the molecule is CCc1ccccc1NC(=O)CN1CCN(CC(=O)Nc2ccc(N3CCCCC3)cc2)CC1. The summed E-state index contributed by atoms with van der Waals surface area (Å²) in [5, 5.41) is 6.07. The summed E-state index contributed by atoms with van der Waals surface area (Å²) in [6.45, 7) is 8.18. The Morgan fingerprint density at radius 2 is 1.32 bits per heavy atom. The Kier molecular flexibility index (Phi) is 8.55. The fourth-order valence-corrected chi connectivity index (χ4v) is 4.76. The summed E-state index contributed by atoms with van der Waals surface area (Å²) in [6, 6.07) is 16.1. The largest absolute Gasteiger partial charge is 0.372 e. The van der Waals surface area contributed by atoms with E-state index in [1.165, 1.54) is 24.9 Å². The third-order valence-electron chi connectivity index (χ3n) is 6.74. The molecule has 0 radical (unpaired) electrons. The molecule has 7 heteroatoms. The standard InChI is InChI=1S/C27H37N5O2/c1-2-22-8-4-5-9-25(22)29-27(34)21-31-18-16-30(17-19-31)20-26(33)28-23-10-12-24(13-11-23)32-14-6-3-7-15-32/h4-5,8-13H,2-3,6-7,14-21H2,1H3,(H,28,33)(H,29,34). The highest BCUT2D eigenvalue weighted by atomic mass is 16.2. The number of nitrogens with zero attached hydrogens (tertiary/aromatic N) is 3. The van der Waals surface area contributed by atoms with Crippen LogP contribution in [0, 0.1) is 0 Å². The van der Waals surface area contributed by atoms with E-state index in [0.29, 0.717) is 13.1 Å². The van der Waals surface area contributed by atoms with Crippen LogP contribution in [0.3, 0.4) is 0 Å². The number of aryl methyl sites for hydroxylation is 1. The van der Waals surface area contributed by atoms with Gasteiger partial charge in [0.2, 0.25) is 11.8 Å². The van der Waals surface area contributed by atoms with Crippen molar-refractivity contribution in [2.24, 2.45) is 0 Å². The van der Waals surface area contributed by atoms with E-state index in [0.717, 1.165) is 62.6 Å². The monoisotopic (exact) mass is 463 g/mol. The van der Waals surface area contributed by atoms with Crippen LogP contribution in [-0.4, -0.2) is 74.0 Å². The molecule has 2 N–H and O–H groups in total. The summed E-state index contributed by atoms with van der Waals surface area (Å²) < 4.78 is 0. The molecule has 4 rings (SSSR count). The van der Waals surface area contributed by atoms with E-state index in [1.807, 2.05) is 36.4 Å². The highest BCUT2D eigenvalue weighted by Crippen LogP contribution is 2.22. The molecule has 7 nitrogen and oxygen atoms in total. The van der Waals surface area contributed by atoms with Gasteiger partial charge in [0.05, 0.1) is 13.1 Å². The number of benzene rings is 2. The maximum Gasteiger partial charge on any atom is 0.238 e. The Balaban J connectivity index is 1.17. The zero-order valence-corrected chi connectivity index (χ0v) is 20.3. The predicted octanol–water partition coefficient (Wildman–Crippen LogP) is 3.43. The van der Waals surface area contributed by atoms with E-state index in [4.69, 9.17) is 0 Å². The number of nitrogens with one attached hydrogen (secondary N) is 2. The first-order valence-corrected chi connectivity index (χ1v) is 12.6. The first-order chi connectivity index (χ1) is 16.6. The molecule has 0 unspecified atom stereocenters. The van der Waals surface area contributed by atoms with Gasteiger partial charge >= 0.3 is 0 Å². The van der Waals surface area contributed by atoms with Gasteiger partial charge in [-0.2, -0.15) is 0 Å². The van der Waals surface area contributed by atoms with Crippen LogP contribution in [0.5, 0.6) is 0 Å². The van der Waals surface area contributed by atoms with Gasteiger partial charge in [-0.05, 0) is 61.6 Å². The molecule has 2 aliphatic rings. The van der Waals surface area contributed by atoms with Crippen molar-refractivity contribution in [3.8, 4) is 0 Å². The van der Waals surface area contributed by atoms with Crippen molar-refractivity contribution in [3.05, 3.63) is 54.1 Å². The van der Waals surface area contributed by atoms with Crippen LogP contribution in [0.2, 0.25) is 0 Å². The molecular weight excluding hydrogens is 426 g/mol. The summed E-state index contributed by atoms with van der Waals surface area (Å²) in [7, 11) is 0. The number of anilines is 3. The number of carbonyl (C=O) groups is 2. The first kappa shape index (κ1) is 24.2. The molecular formula is C27H37N5O2. The molecule has 2 aromatic rings. The zero-order valence-electron chi connectivity index (χ0n) is 20.3. The molecule has 2 heterocycles. The molecule has 2 fully saturated rings. The molecule has 2 aliphatic heterocycles. The summed E-state index contributed by atoms with van der Waals surface area (Å²) in [4.78, 5) is 31.8. The van der Waals surface area contributed by atoms with Crippen molar-refractivity contribution in [1.29, 1.82) is 0 Å². The highest BCUT2D eigenvalue weighted by molar-refractivity contribution is 5.93. The van der Waals surface area contributed by atoms with Crippen molar-refractivity contribution >= 4 is 28.9 Å². The van der Waals surface area contributed by atoms with Gasteiger partial charge in [0.15, 0.2) is 0 Å². The quantitative estimate of drug-likeness (QED) is 0.628. The third kappa shape index (κ3) is 6.81. The van der Waals surface area contributed by atoms with Gasteiger partial charge in [0.1, 0.15) is 0 Å². The lowest BCUT2D eigenvalue weighted by atomic mass is 10.1. The number of amides is 2. The van der Waals surface area contributed by atoms with Gasteiger partial charge in [0, 0.05) is 56.3 Å². The number of hydrogen-bond acceptors (Lipinski definition) is 5. The van der Waals surface area contributed by atoms with E-state index in [9.17, 15) is 9.59 Å². The second-order valence-corrected chi connectivity index (χ2v) is 9.25. The van der Waals surface area contributed by atoms with Crippen LogP contribution in [0.25, 0.3) is 0 Å². The highest BCUT2D eigenvalue weighted by Gasteiger charge is 2.21. The molecule has 0 atom stereocenters. The van der Waals surface area contributed by atoms with Crippen LogP contribution in [0.15, 0.2) is 48.5 Å². The smallest absolute Gasteiger partial charge is 0.238 e. The van der Waals surface area contributed by atoms with E-state index in [2.05, 4.69) is 44.4 Å². The van der Waals surface area contributed by atoms with Crippen molar-refractivity contribution in [1.82, 2.24) is 9.80 Å². The molecule has 2 aromatic carbocycles. The van der Waals surface area contributed by atoms with Gasteiger partial charge in [0.25, 0.3) is 0 Å². The summed E-state index contributed by atoms with van der Waals surface area (Å²) >= 11 is 0. The van der Waals surface area contributed by atoms with E-state index >= 15 is 0 Å². The molecule has 0 bridgehead atoms. The molecule has 2 amide bonds.